The lowest BCUT2D eigenvalue weighted by molar-refractivity contribution is -0.154. The maximum atomic E-state index is 14.2. The molecule has 15 nitrogen and oxygen atoms in total. The number of aliphatic carboxylic acids is 1. The molecule has 2 aromatic heterocycles. The SMILES string of the molecule is COc1ccc(-n2cnnn2)cc1C(=O)N1CCC(CCN2CCC(NC(=O)N3CCOC(C(=O)O)C3)(c3ccccn3)CC2)(c2ccc(Cl)c(Cl)c2)C1. The van der Waals surface area contributed by atoms with E-state index < -0.39 is 23.0 Å². The summed E-state index contributed by atoms with van der Waals surface area (Å²) in [6, 6.07) is 16.3. The second-order valence-electron chi connectivity index (χ2n) is 14.0. The fraction of sp³-hybridized carbons (Fsp3) is 0.432. The number of nitrogens with zero attached hydrogens (tertiary/aromatic N) is 8. The van der Waals surface area contributed by atoms with Crippen molar-refractivity contribution in [2.24, 2.45) is 0 Å². The molecule has 0 aliphatic carbocycles. The lowest BCUT2D eigenvalue weighted by Gasteiger charge is -2.44. The summed E-state index contributed by atoms with van der Waals surface area (Å²) in [5, 5.41) is 25.1. The van der Waals surface area contributed by atoms with Crippen molar-refractivity contribution >= 4 is 41.1 Å². The molecule has 5 heterocycles. The molecule has 3 aliphatic rings. The molecule has 2 N–H and O–H groups in total. The molecule has 3 amide bonds. The number of morpholine rings is 1. The zero-order valence-corrected chi connectivity index (χ0v) is 31.2. The van der Waals surface area contributed by atoms with Gasteiger partial charge in [0.1, 0.15) is 12.1 Å². The Balaban J connectivity index is 1.08. The number of halogens is 2. The monoisotopic (exact) mass is 777 g/mol. The highest BCUT2D eigenvalue weighted by molar-refractivity contribution is 6.42. The van der Waals surface area contributed by atoms with E-state index in [-0.39, 0.29) is 25.1 Å². The Morgan fingerprint density at radius 2 is 1.83 bits per heavy atom. The number of carboxylic acids is 1. The van der Waals surface area contributed by atoms with Crippen LogP contribution in [0.2, 0.25) is 10.0 Å². The molecule has 4 aromatic rings. The molecule has 0 radical (unpaired) electrons. The molecular weight excluding hydrogens is 737 g/mol. The number of nitrogens with one attached hydrogen (secondary N) is 1. The summed E-state index contributed by atoms with van der Waals surface area (Å²) in [7, 11) is 1.54. The average Bonchev–Trinajstić information content (AvgIpc) is 3.91. The van der Waals surface area contributed by atoms with Crippen LogP contribution >= 0.6 is 23.2 Å². The first-order chi connectivity index (χ1) is 26.1. The zero-order valence-electron chi connectivity index (χ0n) is 29.7. The van der Waals surface area contributed by atoms with E-state index in [0.29, 0.717) is 79.0 Å². The predicted molar refractivity (Wildman–Crippen MR) is 198 cm³/mol. The second kappa shape index (κ2) is 15.9. The molecule has 3 fully saturated rings. The number of hydrogen-bond acceptors (Lipinski definition) is 10. The number of carbonyl (C=O) groups excluding carboxylic acids is 2. The van der Waals surface area contributed by atoms with Crippen molar-refractivity contribution in [1.82, 2.24) is 45.2 Å². The lowest BCUT2D eigenvalue weighted by atomic mass is 9.76. The van der Waals surface area contributed by atoms with E-state index in [1.54, 1.807) is 24.4 Å². The van der Waals surface area contributed by atoms with E-state index in [2.05, 4.69) is 30.7 Å². The summed E-state index contributed by atoms with van der Waals surface area (Å²) in [4.78, 5) is 49.8. The minimum absolute atomic E-state index is 0.0283. The van der Waals surface area contributed by atoms with Gasteiger partial charge >= 0.3 is 12.0 Å². The molecule has 17 heteroatoms. The van der Waals surface area contributed by atoms with Crippen LogP contribution in [0.5, 0.6) is 5.75 Å². The Kier molecular flexibility index (Phi) is 11.0. The van der Waals surface area contributed by atoms with E-state index >= 15 is 0 Å². The summed E-state index contributed by atoms with van der Waals surface area (Å²) in [5.41, 5.74) is 1.67. The van der Waals surface area contributed by atoms with Crippen molar-refractivity contribution in [1.29, 1.82) is 0 Å². The number of amides is 3. The van der Waals surface area contributed by atoms with E-state index in [4.69, 9.17) is 32.7 Å². The third kappa shape index (κ3) is 7.71. The van der Waals surface area contributed by atoms with Gasteiger partial charge in [-0.3, -0.25) is 9.78 Å². The molecule has 2 unspecified atom stereocenters. The summed E-state index contributed by atoms with van der Waals surface area (Å²) >= 11 is 12.9. The topological polar surface area (TPSA) is 168 Å². The van der Waals surface area contributed by atoms with Gasteiger partial charge in [0.25, 0.3) is 5.91 Å². The molecule has 7 rings (SSSR count). The highest BCUT2D eigenvalue weighted by Crippen LogP contribution is 2.42. The van der Waals surface area contributed by atoms with Crippen LogP contribution in [0.4, 0.5) is 4.79 Å². The Bertz CT molecular complexity index is 1980. The molecule has 2 atom stereocenters. The first-order valence-electron chi connectivity index (χ1n) is 17.8. The predicted octanol–water partition coefficient (Wildman–Crippen LogP) is 4.03. The zero-order chi connectivity index (χ0) is 37.9. The molecule has 0 spiro atoms. The van der Waals surface area contributed by atoms with Gasteiger partial charge in [-0.1, -0.05) is 35.3 Å². The number of methoxy groups -OCH3 is 1. The van der Waals surface area contributed by atoms with Gasteiger partial charge in [0.05, 0.1) is 52.8 Å². The summed E-state index contributed by atoms with van der Waals surface area (Å²) in [6.45, 7) is 3.50. The minimum Gasteiger partial charge on any atom is -0.496 e. The van der Waals surface area contributed by atoms with Gasteiger partial charge in [0.15, 0.2) is 6.10 Å². The standard InChI is InChI=1S/C37H41Cl2N9O6/c1-53-30-8-6-26(48-24-41-43-44-48)21-27(30)33(49)47-17-10-36(23-47,25-5-7-28(38)29(39)20-25)9-14-45-15-11-37(12-16-45,32-4-2-3-13-40-32)42-35(52)46-18-19-54-31(22-46)34(50)51/h2-8,13,20-21,24,31H,9-12,14-19,22-23H2,1H3,(H,42,52)(H,50,51). The van der Waals surface area contributed by atoms with Crippen molar-refractivity contribution in [3.05, 3.63) is 94.0 Å². The Hall–Kier alpha value is -4.83. The third-order valence-electron chi connectivity index (χ3n) is 10.9. The molecule has 284 valence electrons. The van der Waals surface area contributed by atoms with E-state index in [0.717, 1.165) is 24.2 Å². The smallest absolute Gasteiger partial charge is 0.334 e. The van der Waals surface area contributed by atoms with Crippen molar-refractivity contribution in [3.8, 4) is 11.4 Å². The third-order valence-corrected chi connectivity index (χ3v) is 11.7. The second-order valence-corrected chi connectivity index (χ2v) is 14.8. The van der Waals surface area contributed by atoms with Gasteiger partial charge in [-0.25, -0.2) is 14.3 Å². The van der Waals surface area contributed by atoms with Gasteiger partial charge < -0.3 is 34.6 Å². The van der Waals surface area contributed by atoms with Crippen LogP contribution in [0.15, 0.2) is 67.1 Å². The number of aromatic nitrogens is 5. The first-order valence-corrected chi connectivity index (χ1v) is 18.6. The maximum Gasteiger partial charge on any atom is 0.334 e. The van der Waals surface area contributed by atoms with Crippen LogP contribution in [0.25, 0.3) is 5.69 Å². The molecule has 3 saturated heterocycles. The number of pyridine rings is 1. The van der Waals surface area contributed by atoms with Crippen molar-refractivity contribution in [2.45, 2.75) is 42.7 Å². The number of carboxylic acid groups (broad SMARTS) is 1. The number of ether oxygens (including phenoxy) is 2. The van der Waals surface area contributed by atoms with Crippen LogP contribution in [0, 0.1) is 0 Å². The quantitative estimate of drug-likeness (QED) is 0.239. The molecule has 0 saturated carbocycles. The van der Waals surface area contributed by atoms with Crippen molar-refractivity contribution < 1.29 is 29.0 Å². The van der Waals surface area contributed by atoms with Crippen LogP contribution < -0.4 is 10.1 Å². The Labute approximate surface area is 322 Å². The Morgan fingerprint density at radius 3 is 2.54 bits per heavy atom. The van der Waals surface area contributed by atoms with Gasteiger partial charge in [-0.2, -0.15) is 0 Å². The fourth-order valence-electron chi connectivity index (χ4n) is 7.80. The van der Waals surface area contributed by atoms with Gasteiger partial charge in [0.2, 0.25) is 0 Å². The van der Waals surface area contributed by atoms with Crippen LogP contribution in [0.1, 0.15) is 47.3 Å². The summed E-state index contributed by atoms with van der Waals surface area (Å²) in [5.74, 6) is -0.799. The summed E-state index contributed by atoms with van der Waals surface area (Å²) < 4.78 is 12.4. The number of rotatable bonds is 10. The number of carbonyl (C=O) groups is 3. The first kappa shape index (κ1) is 37.5. The lowest BCUT2D eigenvalue weighted by Crippen LogP contribution is -2.59. The number of tetrazole rings is 1. The van der Waals surface area contributed by atoms with Crippen LogP contribution in [-0.2, 0) is 20.5 Å². The van der Waals surface area contributed by atoms with Crippen molar-refractivity contribution in [3.63, 3.8) is 0 Å². The summed E-state index contributed by atoms with van der Waals surface area (Å²) in [6.07, 6.45) is 4.78. The average molecular weight is 779 g/mol. The van der Waals surface area contributed by atoms with Gasteiger partial charge in [-0.15, -0.1) is 5.10 Å². The largest absolute Gasteiger partial charge is 0.496 e. The Morgan fingerprint density at radius 1 is 1.00 bits per heavy atom. The fourth-order valence-corrected chi connectivity index (χ4v) is 8.10. The number of benzene rings is 2. The van der Waals surface area contributed by atoms with Crippen LogP contribution in [-0.4, -0.2) is 129 Å². The maximum absolute atomic E-state index is 14.2. The van der Waals surface area contributed by atoms with Gasteiger partial charge in [-0.05, 0) is 90.7 Å². The number of urea groups is 1. The highest BCUT2D eigenvalue weighted by Gasteiger charge is 2.44. The normalized spacial score (nSPS) is 21.5. The van der Waals surface area contributed by atoms with Gasteiger partial charge in [0, 0.05) is 44.3 Å². The molecule has 3 aliphatic heterocycles. The van der Waals surface area contributed by atoms with E-state index in [1.165, 1.54) is 23.0 Å². The number of piperidine rings is 1. The highest BCUT2D eigenvalue weighted by atomic mass is 35.5. The molecular formula is C37H41Cl2N9O6. The minimum atomic E-state index is -1.09. The number of hydrogen-bond donors (Lipinski definition) is 2. The van der Waals surface area contributed by atoms with E-state index in [1.807, 2.05) is 41.3 Å². The molecule has 0 bridgehead atoms. The van der Waals surface area contributed by atoms with Crippen molar-refractivity contribution in [2.75, 3.05) is 59.5 Å². The molecule has 54 heavy (non-hydrogen) atoms. The number of likely N-dealkylation sites (tertiary alicyclic amines) is 2. The molecule has 2 aromatic carbocycles. The van der Waals surface area contributed by atoms with E-state index in [9.17, 15) is 19.5 Å². The van der Waals surface area contributed by atoms with Crippen LogP contribution in [0.3, 0.4) is 0 Å².